The van der Waals surface area contributed by atoms with E-state index in [1.54, 1.807) is 12.1 Å². The Morgan fingerprint density at radius 3 is 2.45 bits per heavy atom. The van der Waals surface area contributed by atoms with E-state index < -0.39 is 4.92 Å². The van der Waals surface area contributed by atoms with Crippen molar-refractivity contribution >= 4 is 23.0 Å². The van der Waals surface area contributed by atoms with Crippen LogP contribution in [0.5, 0.6) is 0 Å². The van der Waals surface area contributed by atoms with Gasteiger partial charge in [0.25, 0.3) is 11.6 Å². The minimum Gasteiger partial charge on any atom is -0.399 e. The maximum atomic E-state index is 12.5. The largest absolute Gasteiger partial charge is 0.399 e. The maximum Gasteiger partial charge on any atom is 0.293 e. The van der Waals surface area contributed by atoms with Crippen LogP contribution < -0.4 is 16.0 Å². The lowest BCUT2D eigenvalue weighted by molar-refractivity contribution is -0.384. The Balaban J connectivity index is 1.69. The van der Waals surface area contributed by atoms with Crippen molar-refractivity contribution in [3.8, 4) is 0 Å². The highest BCUT2D eigenvalue weighted by Gasteiger charge is 2.27. The molecule has 1 saturated heterocycles. The lowest BCUT2D eigenvalue weighted by atomic mass is 9.91. The highest BCUT2D eigenvalue weighted by atomic mass is 16.6. The van der Waals surface area contributed by atoms with Gasteiger partial charge in [0.2, 0.25) is 0 Å². The topological polar surface area (TPSA) is 102 Å². The van der Waals surface area contributed by atoms with Crippen LogP contribution >= 0.6 is 0 Å². The average molecular weight is 396 g/mol. The molecule has 2 atom stereocenters. The fraction of sp³-hybridized carbons (Fsp3) is 0.409. The number of nitrogens with zero attached hydrogens (tertiary/aromatic N) is 2. The molecule has 0 aromatic heterocycles. The van der Waals surface area contributed by atoms with Gasteiger partial charge < -0.3 is 16.0 Å². The first-order valence-corrected chi connectivity index (χ1v) is 9.99. The molecule has 7 nitrogen and oxygen atoms in total. The van der Waals surface area contributed by atoms with Gasteiger partial charge in [-0.25, -0.2) is 0 Å². The molecule has 0 aliphatic carbocycles. The molecular weight excluding hydrogens is 368 g/mol. The molecule has 3 N–H and O–H groups in total. The summed E-state index contributed by atoms with van der Waals surface area (Å²) >= 11 is 0. The first-order valence-electron chi connectivity index (χ1n) is 9.99. The highest BCUT2D eigenvalue weighted by Crippen LogP contribution is 2.33. The van der Waals surface area contributed by atoms with Gasteiger partial charge in [-0.1, -0.05) is 26.0 Å². The number of nitrogens with two attached hydrogens (primary N) is 1. The van der Waals surface area contributed by atoms with Crippen LogP contribution in [0.15, 0.2) is 42.5 Å². The number of hydrogen-bond acceptors (Lipinski definition) is 5. The van der Waals surface area contributed by atoms with E-state index in [9.17, 15) is 14.9 Å². The molecule has 1 aliphatic heterocycles. The van der Waals surface area contributed by atoms with Gasteiger partial charge in [-0.05, 0) is 54.5 Å². The second kappa shape index (κ2) is 8.94. The lowest BCUT2D eigenvalue weighted by Gasteiger charge is -2.36. The lowest BCUT2D eigenvalue weighted by Crippen LogP contribution is -2.39. The number of nitrogen functional groups attached to an aromatic ring is 1. The molecule has 154 valence electrons. The van der Waals surface area contributed by atoms with E-state index in [0.29, 0.717) is 41.7 Å². The van der Waals surface area contributed by atoms with Crippen molar-refractivity contribution in [3.63, 3.8) is 0 Å². The van der Waals surface area contributed by atoms with E-state index in [0.717, 1.165) is 25.1 Å². The van der Waals surface area contributed by atoms with Crippen LogP contribution in [0.4, 0.5) is 17.1 Å². The molecule has 2 aromatic rings. The van der Waals surface area contributed by atoms with Crippen LogP contribution in [0.25, 0.3) is 0 Å². The summed E-state index contributed by atoms with van der Waals surface area (Å²) in [5.74, 6) is 0.653. The van der Waals surface area contributed by atoms with E-state index in [1.807, 2.05) is 24.3 Å². The third-order valence-corrected chi connectivity index (χ3v) is 5.32. The normalized spacial score (nSPS) is 19.0. The molecule has 1 amide bonds. The van der Waals surface area contributed by atoms with Crippen molar-refractivity contribution in [1.29, 1.82) is 0 Å². The molecule has 3 rings (SSSR count). The SMILES string of the molecule is CC1CC(C)CN(c2ccc(C(=O)NCCc3ccc(N)cc3)cc2[N+](=O)[O-])C1. The van der Waals surface area contributed by atoms with E-state index >= 15 is 0 Å². The molecule has 0 spiro atoms. The van der Waals surface area contributed by atoms with Gasteiger partial charge >= 0.3 is 0 Å². The van der Waals surface area contributed by atoms with E-state index in [-0.39, 0.29) is 11.6 Å². The summed E-state index contributed by atoms with van der Waals surface area (Å²) in [6, 6.07) is 12.2. The molecule has 1 aliphatic rings. The number of amides is 1. The van der Waals surface area contributed by atoms with Crippen LogP contribution in [0.3, 0.4) is 0 Å². The number of rotatable bonds is 6. The molecule has 29 heavy (non-hydrogen) atoms. The molecule has 0 saturated carbocycles. The number of piperidine rings is 1. The van der Waals surface area contributed by atoms with Crippen molar-refractivity contribution < 1.29 is 9.72 Å². The summed E-state index contributed by atoms with van der Waals surface area (Å²) in [5.41, 5.74) is 8.31. The zero-order chi connectivity index (χ0) is 21.0. The quantitative estimate of drug-likeness (QED) is 0.441. The third-order valence-electron chi connectivity index (χ3n) is 5.32. The van der Waals surface area contributed by atoms with Crippen LogP contribution in [-0.2, 0) is 6.42 Å². The highest BCUT2D eigenvalue weighted by molar-refractivity contribution is 5.95. The number of hydrogen-bond donors (Lipinski definition) is 2. The molecular formula is C22H28N4O3. The first kappa shape index (κ1) is 20.6. The number of carbonyl (C=O) groups excluding carboxylic acids is 1. The Bertz CT molecular complexity index is 872. The van der Waals surface area contributed by atoms with Gasteiger partial charge in [-0.15, -0.1) is 0 Å². The predicted octanol–water partition coefficient (Wildman–Crippen LogP) is 3.63. The Hall–Kier alpha value is -3.09. The zero-order valence-electron chi connectivity index (χ0n) is 16.9. The smallest absolute Gasteiger partial charge is 0.293 e. The van der Waals surface area contributed by atoms with Crippen molar-refractivity contribution in [1.82, 2.24) is 5.32 Å². The number of nitrogens with one attached hydrogen (secondary N) is 1. The molecule has 1 fully saturated rings. The Morgan fingerprint density at radius 1 is 1.17 bits per heavy atom. The third kappa shape index (κ3) is 5.25. The second-order valence-corrected chi connectivity index (χ2v) is 8.06. The molecule has 2 aromatic carbocycles. The van der Waals surface area contributed by atoms with Gasteiger partial charge in [0.15, 0.2) is 0 Å². The van der Waals surface area contributed by atoms with Gasteiger partial charge in [0.05, 0.1) is 4.92 Å². The number of nitro groups is 1. The molecule has 2 unspecified atom stereocenters. The summed E-state index contributed by atoms with van der Waals surface area (Å²) in [4.78, 5) is 25.8. The average Bonchev–Trinajstić information content (AvgIpc) is 2.68. The van der Waals surface area contributed by atoms with Crippen LogP contribution in [0.2, 0.25) is 0 Å². The van der Waals surface area contributed by atoms with Crippen molar-refractivity contribution in [3.05, 3.63) is 63.7 Å². The summed E-state index contributed by atoms with van der Waals surface area (Å²) < 4.78 is 0. The minimum absolute atomic E-state index is 0.0162. The number of benzene rings is 2. The van der Waals surface area contributed by atoms with Crippen molar-refractivity contribution in [2.75, 3.05) is 30.3 Å². The number of anilines is 2. The minimum atomic E-state index is -0.398. The standard InChI is InChI=1S/C22H28N4O3/c1-15-11-16(2)14-25(13-15)20-8-5-18(12-21(20)26(28)29)22(27)24-10-9-17-3-6-19(23)7-4-17/h3-8,12,15-16H,9-11,13-14,23H2,1-2H3,(H,24,27). The van der Waals surface area contributed by atoms with Crippen LogP contribution in [0.1, 0.15) is 36.2 Å². The van der Waals surface area contributed by atoms with Gasteiger partial charge in [0, 0.05) is 37.0 Å². The Morgan fingerprint density at radius 2 is 1.83 bits per heavy atom. The molecule has 0 bridgehead atoms. The van der Waals surface area contributed by atoms with E-state index in [1.165, 1.54) is 6.07 Å². The maximum absolute atomic E-state index is 12.5. The zero-order valence-corrected chi connectivity index (χ0v) is 16.9. The van der Waals surface area contributed by atoms with Gasteiger partial charge in [0.1, 0.15) is 5.69 Å². The fourth-order valence-corrected chi connectivity index (χ4v) is 4.04. The number of carbonyl (C=O) groups is 1. The summed E-state index contributed by atoms with van der Waals surface area (Å²) in [6.45, 7) is 6.35. The monoisotopic (exact) mass is 396 g/mol. The number of nitro benzene ring substituents is 1. The molecule has 0 radical (unpaired) electrons. The van der Waals surface area contributed by atoms with Crippen LogP contribution in [0, 0.1) is 22.0 Å². The van der Waals surface area contributed by atoms with Gasteiger partial charge in [-0.2, -0.15) is 0 Å². The molecule has 7 heteroatoms. The first-order chi connectivity index (χ1) is 13.8. The summed E-state index contributed by atoms with van der Waals surface area (Å²) in [7, 11) is 0. The Kier molecular flexibility index (Phi) is 6.36. The van der Waals surface area contributed by atoms with Crippen LogP contribution in [-0.4, -0.2) is 30.5 Å². The Labute approximate surface area is 171 Å². The second-order valence-electron chi connectivity index (χ2n) is 8.06. The summed E-state index contributed by atoms with van der Waals surface area (Å²) in [6.07, 6.45) is 1.79. The van der Waals surface area contributed by atoms with E-state index in [2.05, 4.69) is 24.1 Å². The molecule has 1 heterocycles. The van der Waals surface area contributed by atoms with Gasteiger partial charge in [-0.3, -0.25) is 14.9 Å². The fourth-order valence-electron chi connectivity index (χ4n) is 4.04. The van der Waals surface area contributed by atoms with Crippen molar-refractivity contribution in [2.24, 2.45) is 11.8 Å². The predicted molar refractivity (Wildman–Crippen MR) is 115 cm³/mol. The summed E-state index contributed by atoms with van der Waals surface area (Å²) in [5, 5.41) is 14.5. The van der Waals surface area contributed by atoms with E-state index in [4.69, 9.17) is 5.73 Å². The van der Waals surface area contributed by atoms with Crippen molar-refractivity contribution in [2.45, 2.75) is 26.7 Å².